The summed E-state index contributed by atoms with van der Waals surface area (Å²) >= 11 is 0. The highest BCUT2D eigenvalue weighted by molar-refractivity contribution is 5.53. The van der Waals surface area contributed by atoms with Gasteiger partial charge in [-0.05, 0) is 37.6 Å². The highest BCUT2D eigenvalue weighted by atomic mass is 16.1. The summed E-state index contributed by atoms with van der Waals surface area (Å²) in [7, 11) is 0. The molecule has 2 heterocycles. The number of likely N-dealkylation sites (tertiary alicyclic amines) is 1. The molecule has 0 bridgehead atoms. The van der Waals surface area contributed by atoms with E-state index in [1.54, 1.807) is 0 Å². The van der Waals surface area contributed by atoms with Gasteiger partial charge in [0.1, 0.15) is 6.29 Å². The topological polar surface area (TPSA) is 38.1 Å². The summed E-state index contributed by atoms with van der Waals surface area (Å²) in [6.07, 6.45) is 5.21. The maximum Gasteiger partial charge on any atom is 0.124 e. The minimum Gasteiger partial charge on any atom is -0.303 e. The molecule has 0 N–H and O–H groups in total. The van der Waals surface area contributed by atoms with Gasteiger partial charge in [0.15, 0.2) is 0 Å². The number of aromatic nitrogens is 2. The molecule has 1 aliphatic heterocycles. The Morgan fingerprint density at radius 1 is 1.25 bits per heavy atom. The fourth-order valence-electron chi connectivity index (χ4n) is 2.75. The van der Waals surface area contributed by atoms with Gasteiger partial charge in [-0.25, -0.2) is 4.68 Å². The average molecular weight is 269 g/mol. The summed E-state index contributed by atoms with van der Waals surface area (Å²) in [6, 6.07) is 12.2. The van der Waals surface area contributed by atoms with Crippen LogP contribution in [0.5, 0.6) is 0 Å². The zero-order chi connectivity index (χ0) is 13.8. The normalized spacial score (nSPS) is 19.9. The number of hydrogen-bond donors (Lipinski definition) is 0. The lowest BCUT2D eigenvalue weighted by atomic mass is 10.00. The smallest absolute Gasteiger partial charge is 0.124 e. The molecule has 2 aromatic rings. The molecule has 1 fully saturated rings. The molecule has 0 radical (unpaired) electrons. The first-order valence-corrected chi connectivity index (χ1v) is 7.13. The van der Waals surface area contributed by atoms with Crippen molar-refractivity contribution in [2.45, 2.75) is 19.4 Å². The summed E-state index contributed by atoms with van der Waals surface area (Å²) in [4.78, 5) is 13.2. The quantitative estimate of drug-likeness (QED) is 0.799. The Balaban J connectivity index is 1.67. The molecule has 0 aliphatic carbocycles. The van der Waals surface area contributed by atoms with Gasteiger partial charge < -0.3 is 4.79 Å². The van der Waals surface area contributed by atoms with Gasteiger partial charge in [0.05, 0.1) is 11.4 Å². The van der Waals surface area contributed by atoms with Crippen LogP contribution < -0.4 is 0 Å². The summed E-state index contributed by atoms with van der Waals surface area (Å²) in [5.74, 6) is 0.194. The number of hydrogen-bond acceptors (Lipinski definition) is 3. The molecule has 1 aromatic carbocycles. The zero-order valence-corrected chi connectivity index (χ0v) is 11.5. The van der Waals surface area contributed by atoms with Crippen molar-refractivity contribution < 1.29 is 4.79 Å². The minimum atomic E-state index is 0.194. The number of nitrogens with zero attached hydrogens (tertiary/aromatic N) is 3. The Morgan fingerprint density at radius 2 is 2.10 bits per heavy atom. The monoisotopic (exact) mass is 269 g/mol. The van der Waals surface area contributed by atoms with Crippen LogP contribution in [0, 0.1) is 5.92 Å². The van der Waals surface area contributed by atoms with E-state index < -0.39 is 0 Å². The number of para-hydroxylation sites is 1. The van der Waals surface area contributed by atoms with Crippen molar-refractivity contribution in [3.8, 4) is 5.69 Å². The minimum absolute atomic E-state index is 0.194. The predicted molar refractivity (Wildman–Crippen MR) is 77.6 cm³/mol. The molecule has 1 saturated heterocycles. The van der Waals surface area contributed by atoms with Crippen molar-refractivity contribution in [3.05, 3.63) is 48.3 Å². The molecular weight excluding hydrogens is 250 g/mol. The third-order valence-electron chi connectivity index (χ3n) is 3.79. The summed E-state index contributed by atoms with van der Waals surface area (Å²) in [5, 5.41) is 4.61. The van der Waals surface area contributed by atoms with Gasteiger partial charge in [-0.2, -0.15) is 5.10 Å². The molecule has 1 unspecified atom stereocenters. The molecule has 0 saturated carbocycles. The van der Waals surface area contributed by atoms with Crippen molar-refractivity contribution in [2.75, 3.05) is 13.1 Å². The van der Waals surface area contributed by atoms with E-state index in [9.17, 15) is 4.79 Å². The highest BCUT2D eigenvalue weighted by Crippen LogP contribution is 2.16. The third kappa shape index (κ3) is 2.96. The second-order valence-corrected chi connectivity index (χ2v) is 5.36. The van der Waals surface area contributed by atoms with Gasteiger partial charge in [0, 0.05) is 25.2 Å². The van der Waals surface area contributed by atoms with Crippen LogP contribution in [0.1, 0.15) is 18.5 Å². The van der Waals surface area contributed by atoms with Crippen LogP contribution in [0.2, 0.25) is 0 Å². The van der Waals surface area contributed by atoms with Crippen LogP contribution >= 0.6 is 0 Å². The molecule has 1 aliphatic rings. The Labute approximate surface area is 119 Å². The average Bonchev–Trinajstić information content (AvgIpc) is 2.97. The van der Waals surface area contributed by atoms with Crippen molar-refractivity contribution in [1.29, 1.82) is 0 Å². The lowest BCUT2D eigenvalue weighted by Crippen LogP contribution is -2.35. The van der Waals surface area contributed by atoms with Crippen molar-refractivity contribution in [2.24, 2.45) is 5.92 Å². The van der Waals surface area contributed by atoms with E-state index in [0.29, 0.717) is 0 Å². The zero-order valence-electron chi connectivity index (χ0n) is 11.5. The van der Waals surface area contributed by atoms with Gasteiger partial charge in [0.25, 0.3) is 0 Å². The van der Waals surface area contributed by atoms with Crippen molar-refractivity contribution >= 4 is 6.29 Å². The second-order valence-electron chi connectivity index (χ2n) is 5.36. The molecular formula is C16H19N3O. The SMILES string of the molecule is O=CC1CCCN(Cc2ccn(-c3ccccc3)n2)C1. The van der Waals surface area contributed by atoms with E-state index in [1.165, 1.54) is 0 Å². The number of carbonyl (C=O) groups is 1. The number of rotatable bonds is 4. The number of benzene rings is 1. The van der Waals surface area contributed by atoms with E-state index in [-0.39, 0.29) is 5.92 Å². The lowest BCUT2D eigenvalue weighted by molar-refractivity contribution is -0.112. The number of carbonyl (C=O) groups excluding carboxylic acids is 1. The molecule has 104 valence electrons. The molecule has 4 heteroatoms. The second kappa shape index (κ2) is 6.01. The van der Waals surface area contributed by atoms with E-state index >= 15 is 0 Å². The van der Waals surface area contributed by atoms with Gasteiger partial charge in [-0.3, -0.25) is 4.90 Å². The van der Waals surface area contributed by atoms with Crippen molar-refractivity contribution in [3.63, 3.8) is 0 Å². The van der Waals surface area contributed by atoms with E-state index in [1.807, 2.05) is 41.2 Å². The first-order valence-electron chi connectivity index (χ1n) is 7.13. The van der Waals surface area contributed by atoms with Crippen molar-refractivity contribution in [1.82, 2.24) is 14.7 Å². The van der Waals surface area contributed by atoms with Gasteiger partial charge in [-0.1, -0.05) is 18.2 Å². The standard InChI is InChI=1S/C16H19N3O/c20-13-14-5-4-9-18(11-14)12-15-8-10-19(17-15)16-6-2-1-3-7-16/h1-3,6-8,10,13-14H,4-5,9,11-12H2. The van der Waals surface area contributed by atoms with Gasteiger partial charge >= 0.3 is 0 Å². The molecule has 20 heavy (non-hydrogen) atoms. The van der Waals surface area contributed by atoms with Gasteiger partial charge in [-0.15, -0.1) is 0 Å². The molecule has 1 atom stereocenters. The maximum atomic E-state index is 10.9. The Kier molecular flexibility index (Phi) is 3.92. The van der Waals surface area contributed by atoms with Crippen LogP contribution in [0.25, 0.3) is 5.69 Å². The summed E-state index contributed by atoms with van der Waals surface area (Å²) < 4.78 is 1.90. The highest BCUT2D eigenvalue weighted by Gasteiger charge is 2.19. The van der Waals surface area contributed by atoms with E-state index in [0.717, 1.165) is 50.1 Å². The number of aldehydes is 1. The van der Waals surface area contributed by atoms with Gasteiger partial charge in [0.2, 0.25) is 0 Å². The Bertz CT molecular complexity index is 564. The predicted octanol–water partition coefficient (Wildman–Crippen LogP) is 2.28. The first-order chi connectivity index (χ1) is 9.85. The van der Waals surface area contributed by atoms with E-state index in [2.05, 4.69) is 16.1 Å². The Hall–Kier alpha value is -1.94. The van der Waals surface area contributed by atoms with Crippen LogP contribution in [0.4, 0.5) is 0 Å². The fraction of sp³-hybridized carbons (Fsp3) is 0.375. The Morgan fingerprint density at radius 3 is 2.90 bits per heavy atom. The van der Waals surface area contributed by atoms with Crippen LogP contribution in [0.3, 0.4) is 0 Å². The van der Waals surface area contributed by atoms with Crippen LogP contribution in [-0.4, -0.2) is 34.1 Å². The largest absolute Gasteiger partial charge is 0.303 e. The molecule has 1 aromatic heterocycles. The van der Waals surface area contributed by atoms with E-state index in [4.69, 9.17) is 0 Å². The number of piperidine rings is 1. The lowest BCUT2D eigenvalue weighted by Gasteiger charge is -2.29. The fourth-order valence-corrected chi connectivity index (χ4v) is 2.75. The molecule has 3 rings (SSSR count). The van der Waals surface area contributed by atoms with Crippen LogP contribution in [-0.2, 0) is 11.3 Å². The van der Waals surface area contributed by atoms with Crippen LogP contribution in [0.15, 0.2) is 42.6 Å². The first kappa shape index (κ1) is 13.1. The third-order valence-corrected chi connectivity index (χ3v) is 3.79. The maximum absolute atomic E-state index is 10.9. The molecule has 0 amide bonds. The molecule has 4 nitrogen and oxygen atoms in total. The summed E-state index contributed by atoms with van der Waals surface area (Å²) in [6.45, 7) is 2.74. The molecule has 0 spiro atoms. The summed E-state index contributed by atoms with van der Waals surface area (Å²) in [5.41, 5.74) is 2.13.